The molecule has 2 aromatic heterocycles. The second-order valence-corrected chi connectivity index (χ2v) is 9.45. The molecule has 9 heteroatoms. The number of aromatic nitrogens is 4. The zero-order valence-electron chi connectivity index (χ0n) is 14.7. The molecule has 0 aliphatic carbocycles. The van der Waals surface area contributed by atoms with Gasteiger partial charge in [0.25, 0.3) is 5.78 Å². The van der Waals surface area contributed by atoms with E-state index in [2.05, 4.69) is 24.9 Å². The normalized spacial score (nSPS) is 24.2. The van der Waals surface area contributed by atoms with Crippen LogP contribution in [0.4, 0.5) is 5.82 Å². The predicted octanol–water partition coefficient (Wildman–Crippen LogP) is 0.440. The first-order valence-electron chi connectivity index (χ1n) is 8.82. The number of piperazine rings is 1. The van der Waals surface area contributed by atoms with Crippen LogP contribution in [0, 0.1) is 13.8 Å². The van der Waals surface area contributed by atoms with Crippen molar-refractivity contribution < 1.29 is 8.42 Å². The van der Waals surface area contributed by atoms with Crippen molar-refractivity contribution in [2.45, 2.75) is 31.9 Å². The highest BCUT2D eigenvalue weighted by molar-refractivity contribution is 7.92. The summed E-state index contributed by atoms with van der Waals surface area (Å²) in [6, 6.07) is 2.04. The maximum absolute atomic E-state index is 12.0. The van der Waals surface area contributed by atoms with Gasteiger partial charge in [-0.3, -0.25) is 4.90 Å². The summed E-state index contributed by atoms with van der Waals surface area (Å²) in [7, 11) is -2.87. The lowest BCUT2D eigenvalue weighted by Gasteiger charge is -2.36. The van der Waals surface area contributed by atoms with Crippen LogP contribution in [0.5, 0.6) is 0 Å². The molecule has 0 N–H and O–H groups in total. The van der Waals surface area contributed by atoms with Gasteiger partial charge >= 0.3 is 0 Å². The maximum atomic E-state index is 12.0. The molecule has 2 saturated heterocycles. The zero-order chi connectivity index (χ0) is 17.6. The van der Waals surface area contributed by atoms with E-state index in [0.717, 1.165) is 50.5 Å². The topological polar surface area (TPSA) is 83.7 Å². The molecule has 2 fully saturated rings. The number of fused-ring (bicyclic) bond motifs is 1. The van der Waals surface area contributed by atoms with E-state index >= 15 is 0 Å². The number of aryl methyl sites for hydroxylation is 2. The van der Waals surface area contributed by atoms with Crippen molar-refractivity contribution in [3.63, 3.8) is 0 Å². The summed E-state index contributed by atoms with van der Waals surface area (Å²) in [5, 5.41) is 4.28. The average molecular weight is 364 g/mol. The Morgan fingerprint density at radius 2 is 1.92 bits per heavy atom. The Morgan fingerprint density at radius 1 is 1.16 bits per heavy atom. The van der Waals surface area contributed by atoms with E-state index in [9.17, 15) is 8.42 Å². The van der Waals surface area contributed by atoms with Gasteiger partial charge in [0.1, 0.15) is 11.6 Å². The summed E-state index contributed by atoms with van der Waals surface area (Å²) in [6.45, 7) is 7.94. The molecule has 0 bridgehead atoms. The molecular weight excluding hydrogens is 340 g/mol. The van der Waals surface area contributed by atoms with Gasteiger partial charge in [-0.05, 0) is 26.7 Å². The molecule has 136 valence electrons. The molecule has 0 aromatic carbocycles. The van der Waals surface area contributed by atoms with Crippen molar-refractivity contribution in [3.05, 3.63) is 17.6 Å². The molecule has 0 radical (unpaired) electrons. The first-order chi connectivity index (χ1) is 11.9. The highest BCUT2D eigenvalue weighted by Crippen LogP contribution is 2.23. The Morgan fingerprint density at radius 3 is 2.60 bits per heavy atom. The fraction of sp³-hybridized carbons (Fsp3) is 0.688. The minimum absolute atomic E-state index is 0.174. The molecule has 4 heterocycles. The van der Waals surface area contributed by atoms with E-state index in [1.165, 1.54) is 0 Å². The molecule has 0 saturated carbocycles. The van der Waals surface area contributed by atoms with Crippen molar-refractivity contribution in [1.82, 2.24) is 24.5 Å². The van der Waals surface area contributed by atoms with Crippen molar-refractivity contribution >= 4 is 21.4 Å². The second kappa shape index (κ2) is 6.21. The van der Waals surface area contributed by atoms with Crippen LogP contribution in [0.15, 0.2) is 6.07 Å². The largest absolute Gasteiger partial charge is 0.354 e. The van der Waals surface area contributed by atoms with Gasteiger partial charge in [0.15, 0.2) is 9.84 Å². The summed E-state index contributed by atoms with van der Waals surface area (Å²) in [5.41, 5.74) is 0.925. The Kier molecular flexibility index (Phi) is 4.15. The fourth-order valence-corrected chi connectivity index (χ4v) is 5.67. The highest BCUT2D eigenvalue weighted by atomic mass is 32.2. The van der Waals surface area contributed by atoms with Crippen molar-refractivity contribution in [3.8, 4) is 0 Å². The molecule has 25 heavy (non-hydrogen) atoms. The number of rotatable bonds is 3. The molecular formula is C16H24N6O2S. The SMILES string of the molecule is Cc1cc(N2CCN(CC3CCCS3(=O)=O)CC2)n2nc(C)nc2n1. The molecule has 2 aromatic rings. The minimum Gasteiger partial charge on any atom is -0.354 e. The van der Waals surface area contributed by atoms with Gasteiger partial charge in [-0.1, -0.05) is 0 Å². The van der Waals surface area contributed by atoms with E-state index in [-0.39, 0.29) is 5.25 Å². The molecule has 0 spiro atoms. The summed E-state index contributed by atoms with van der Waals surface area (Å²) < 4.78 is 25.9. The number of hydrogen-bond acceptors (Lipinski definition) is 7. The van der Waals surface area contributed by atoms with Gasteiger partial charge in [-0.15, -0.1) is 5.10 Å². The van der Waals surface area contributed by atoms with Crippen molar-refractivity contribution in [2.24, 2.45) is 0 Å². The molecule has 4 rings (SSSR count). The van der Waals surface area contributed by atoms with Gasteiger partial charge in [0, 0.05) is 44.5 Å². The van der Waals surface area contributed by atoms with E-state index in [0.29, 0.717) is 23.9 Å². The van der Waals surface area contributed by atoms with E-state index in [4.69, 9.17) is 0 Å². The van der Waals surface area contributed by atoms with E-state index in [1.807, 2.05) is 19.9 Å². The zero-order valence-corrected chi connectivity index (χ0v) is 15.5. The van der Waals surface area contributed by atoms with Gasteiger partial charge in [0.05, 0.1) is 11.0 Å². The van der Waals surface area contributed by atoms with Crippen LogP contribution < -0.4 is 4.90 Å². The smallest absolute Gasteiger partial charge is 0.254 e. The molecule has 8 nitrogen and oxygen atoms in total. The maximum Gasteiger partial charge on any atom is 0.254 e. The van der Waals surface area contributed by atoms with E-state index in [1.54, 1.807) is 4.52 Å². The van der Waals surface area contributed by atoms with Crippen LogP contribution in [0.1, 0.15) is 24.4 Å². The monoisotopic (exact) mass is 364 g/mol. The lowest BCUT2D eigenvalue weighted by Crippen LogP contribution is -2.49. The third kappa shape index (κ3) is 3.22. The summed E-state index contributed by atoms with van der Waals surface area (Å²) >= 11 is 0. The van der Waals surface area contributed by atoms with Crippen LogP contribution >= 0.6 is 0 Å². The van der Waals surface area contributed by atoms with E-state index < -0.39 is 9.84 Å². The van der Waals surface area contributed by atoms with Crippen LogP contribution in [0.2, 0.25) is 0 Å². The summed E-state index contributed by atoms with van der Waals surface area (Å²) in [4.78, 5) is 13.4. The lowest BCUT2D eigenvalue weighted by molar-refractivity contribution is 0.254. The molecule has 0 amide bonds. The molecule has 2 aliphatic rings. The van der Waals surface area contributed by atoms with Gasteiger partial charge in [0.2, 0.25) is 0 Å². The van der Waals surface area contributed by atoms with Crippen molar-refractivity contribution in [2.75, 3.05) is 43.4 Å². The standard InChI is InChI=1S/C16H24N6O2S/c1-12-10-15(22-16(17-12)18-13(2)19-22)21-7-5-20(6-8-21)11-14-4-3-9-25(14,23)24/h10,14H,3-9,11H2,1-2H3. The Balaban J connectivity index is 1.47. The third-order valence-corrected chi connectivity index (χ3v) is 7.41. The van der Waals surface area contributed by atoms with Gasteiger partial charge in [-0.2, -0.15) is 9.50 Å². The molecule has 1 atom stereocenters. The number of hydrogen-bond donors (Lipinski definition) is 0. The predicted molar refractivity (Wildman–Crippen MR) is 95.7 cm³/mol. The minimum atomic E-state index is -2.87. The number of nitrogens with zero attached hydrogens (tertiary/aromatic N) is 6. The first-order valence-corrected chi connectivity index (χ1v) is 10.5. The Hall–Kier alpha value is -1.74. The number of sulfone groups is 1. The second-order valence-electron chi connectivity index (χ2n) is 7.05. The Bertz CT molecular complexity index is 885. The Labute approximate surface area is 147 Å². The average Bonchev–Trinajstić information content (AvgIpc) is 3.09. The van der Waals surface area contributed by atoms with Gasteiger partial charge in [-0.25, -0.2) is 13.4 Å². The van der Waals surface area contributed by atoms with Gasteiger partial charge < -0.3 is 4.90 Å². The first kappa shape index (κ1) is 16.7. The summed E-state index contributed by atoms with van der Waals surface area (Å²) in [6.07, 6.45) is 1.62. The fourth-order valence-electron chi connectivity index (χ4n) is 3.80. The molecule has 2 aliphatic heterocycles. The van der Waals surface area contributed by atoms with Crippen LogP contribution in [-0.4, -0.2) is 76.6 Å². The number of anilines is 1. The third-order valence-electron chi connectivity index (χ3n) is 5.15. The van der Waals surface area contributed by atoms with Crippen molar-refractivity contribution in [1.29, 1.82) is 0 Å². The van der Waals surface area contributed by atoms with Crippen LogP contribution in [-0.2, 0) is 9.84 Å². The lowest BCUT2D eigenvalue weighted by atomic mass is 10.2. The summed E-state index contributed by atoms with van der Waals surface area (Å²) in [5.74, 6) is 2.71. The quantitative estimate of drug-likeness (QED) is 0.781. The van der Waals surface area contributed by atoms with Crippen LogP contribution in [0.3, 0.4) is 0 Å². The van der Waals surface area contributed by atoms with Crippen LogP contribution in [0.25, 0.3) is 5.78 Å². The highest BCUT2D eigenvalue weighted by Gasteiger charge is 2.33. The molecule has 1 unspecified atom stereocenters.